The zero-order valence-electron chi connectivity index (χ0n) is 11.4. The number of likely N-dealkylation sites (tertiary alicyclic amines) is 1. The second-order valence-corrected chi connectivity index (χ2v) is 4.97. The second-order valence-electron chi connectivity index (χ2n) is 4.97. The summed E-state index contributed by atoms with van der Waals surface area (Å²) >= 11 is 0. The molecule has 1 amide bonds. The molecule has 0 unspecified atom stereocenters. The summed E-state index contributed by atoms with van der Waals surface area (Å²) in [5.74, 6) is 0.107. The van der Waals surface area contributed by atoms with Gasteiger partial charge in [0, 0.05) is 31.8 Å². The van der Waals surface area contributed by atoms with Crippen LogP contribution in [0.3, 0.4) is 0 Å². The molecule has 1 fully saturated rings. The third-order valence-corrected chi connectivity index (χ3v) is 3.44. The van der Waals surface area contributed by atoms with E-state index in [0.29, 0.717) is 6.54 Å². The van der Waals surface area contributed by atoms with Gasteiger partial charge in [-0.3, -0.25) is 14.9 Å². The van der Waals surface area contributed by atoms with Crippen LogP contribution in [0.15, 0.2) is 24.3 Å². The quantitative estimate of drug-likeness (QED) is 0.656. The highest BCUT2D eigenvalue weighted by molar-refractivity contribution is 5.78. The Hall–Kier alpha value is -1.95. The molecule has 2 rings (SSSR count). The molecule has 0 aromatic heterocycles. The third-order valence-electron chi connectivity index (χ3n) is 3.44. The smallest absolute Gasteiger partial charge is 0.269 e. The zero-order valence-corrected chi connectivity index (χ0v) is 11.4. The van der Waals surface area contributed by atoms with Crippen LogP contribution in [0.5, 0.6) is 0 Å². The average Bonchev–Trinajstić information content (AvgIpc) is 2.48. The normalized spacial score (nSPS) is 15.1. The van der Waals surface area contributed by atoms with Gasteiger partial charge >= 0.3 is 0 Å². The lowest BCUT2D eigenvalue weighted by Gasteiger charge is -2.26. The molecule has 1 aromatic rings. The molecule has 1 heterocycles. The summed E-state index contributed by atoms with van der Waals surface area (Å²) in [5.41, 5.74) is 0.886. The van der Waals surface area contributed by atoms with Gasteiger partial charge in [0.25, 0.3) is 5.69 Å². The van der Waals surface area contributed by atoms with Gasteiger partial charge in [-0.15, -0.1) is 0 Å². The van der Waals surface area contributed by atoms with Gasteiger partial charge in [0.05, 0.1) is 11.5 Å². The molecule has 108 valence electrons. The van der Waals surface area contributed by atoms with E-state index in [1.807, 2.05) is 11.0 Å². The van der Waals surface area contributed by atoms with Gasteiger partial charge in [0.1, 0.15) is 0 Å². The average molecular weight is 277 g/mol. The summed E-state index contributed by atoms with van der Waals surface area (Å²) < 4.78 is 0. The number of carbonyl (C=O) groups excluding carboxylic acids is 1. The van der Waals surface area contributed by atoms with Crippen molar-refractivity contribution in [2.75, 3.05) is 19.6 Å². The Labute approximate surface area is 117 Å². The first kappa shape index (κ1) is 14.5. The number of nitro benzene ring substituents is 1. The number of nitrogens with zero attached hydrogens (tertiary/aromatic N) is 2. The maximum absolute atomic E-state index is 11.9. The molecular formula is C14H19N3O3. The number of nitrogens with one attached hydrogen (secondary N) is 1. The molecule has 1 aliphatic heterocycles. The number of piperidine rings is 1. The molecule has 0 atom stereocenters. The van der Waals surface area contributed by atoms with Gasteiger partial charge in [-0.1, -0.05) is 12.1 Å². The number of non-ortho nitro benzene ring substituents is 1. The molecule has 1 aliphatic rings. The first-order valence-corrected chi connectivity index (χ1v) is 6.88. The monoisotopic (exact) mass is 277 g/mol. The van der Waals surface area contributed by atoms with Crippen molar-refractivity contribution in [3.8, 4) is 0 Å². The van der Waals surface area contributed by atoms with Crippen molar-refractivity contribution >= 4 is 11.6 Å². The minimum atomic E-state index is -0.414. The fraction of sp³-hybridized carbons (Fsp3) is 0.500. The predicted molar refractivity (Wildman–Crippen MR) is 75.2 cm³/mol. The van der Waals surface area contributed by atoms with E-state index < -0.39 is 4.92 Å². The van der Waals surface area contributed by atoms with Crippen LogP contribution in [0, 0.1) is 10.1 Å². The largest absolute Gasteiger partial charge is 0.342 e. The highest BCUT2D eigenvalue weighted by Gasteiger charge is 2.15. The standard InChI is InChI=1S/C14H19N3O3/c18-14(16-7-2-1-3-8-16)11-15-10-12-5-4-6-13(9-12)17(19)20/h4-6,9,15H,1-3,7-8,10-11H2. The fourth-order valence-corrected chi connectivity index (χ4v) is 2.35. The Balaban J connectivity index is 1.79. The fourth-order valence-electron chi connectivity index (χ4n) is 2.35. The predicted octanol–water partition coefficient (Wildman–Crippen LogP) is 1.70. The van der Waals surface area contributed by atoms with E-state index in [0.717, 1.165) is 31.5 Å². The molecule has 0 saturated carbocycles. The number of benzene rings is 1. The number of amides is 1. The Kier molecular flexibility index (Phi) is 5.06. The summed E-state index contributed by atoms with van der Waals surface area (Å²) in [7, 11) is 0. The maximum Gasteiger partial charge on any atom is 0.269 e. The molecule has 6 heteroatoms. The van der Waals surface area contributed by atoms with E-state index >= 15 is 0 Å². The molecule has 0 bridgehead atoms. The van der Waals surface area contributed by atoms with Crippen molar-refractivity contribution in [2.45, 2.75) is 25.8 Å². The maximum atomic E-state index is 11.9. The molecule has 1 saturated heterocycles. The van der Waals surface area contributed by atoms with Gasteiger partial charge in [-0.2, -0.15) is 0 Å². The van der Waals surface area contributed by atoms with E-state index in [9.17, 15) is 14.9 Å². The van der Waals surface area contributed by atoms with Gasteiger partial charge in [-0.25, -0.2) is 0 Å². The summed E-state index contributed by atoms with van der Waals surface area (Å²) in [6, 6.07) is 6.45. The Morgan fingerprint density at radius 1 is 1.30 bits per heavy atom. The highest BCUT2D eigenvalue weighted by Crippen LogP contribution is 2.13. The molecule has 20 heavy (non-hydrogen) atoms. The van der Waals surface area contributed by atoms with Crippen LogP contribution in [0.1, 0.15) is 24.8 Å². The van der Waals surface area contributed by atoms with Crippen LogP contribution >= 0.6 is 0 Å². The Bertz CT molecular complexity index is 484. The number of nitro groups is 1. The molecule has 6 nitrogen and oxygen atoms in total. The molecule has 0 aliphatic carbocycles. The zero-order chi connectivity index (χ0) is 14.4. The van der Waals surface area contributed by atoms with Crippen molar-refractivity contribution in [2.24, 2.45) is 0 Å². The molecule has 1 aromatic carbocycles. The van der Waals surface area contributed by atoms with Crippen molar-refractivity contribution in [3.05, 3.63) is 39.9 Å². The first-order valence-electron chi connectivity index (χ1n) is 6.88. The minimum Gasteiger partial charge on any atom is -0.342 e. The van der Waals surface area contributed by atoms with Gasteiger partial charge < -0.3 is 10.2 Å². The van der Waals surface area contributed by atoms with Crippen molar-refractivity contribution in [1.29, 1.82) is 0 Å². The van der Waals surface area contributed by atoms with Crippen molar-refractivity contribution < 1.29 is 9.72 Å². The number of carbonyl (C=O) groups is 1. The van der Waals surface area contributed by atoms with E-state index in [1.165, 1.54) is 18.6 Å². The van der Waals surface area contributed by atoms with Crippen LogP contribution in [-0.2, 0) is 11.3 Å². The molecule has 1 N–H and O–H groups in total. The molecule has 0 radical (unpaired) electrons. The van der Waals surface area contributed by atoms with Crippen molar-refractivity contribution in [3.63, 3.8) is 0 Å². The lowest BCUT2D eigenvalue weighted by molar-refractivity contribution is -0.384. The summed E-state index contributed by atoms with van der Waals surface area (Å²) in [6.45, 7) is 2.43. The lowest BCUT2D eigenvalue weighted by atomic mass is 10.1. The van der Waals surface area contributed by atoms with Crippen LogP contribution < -0.4 is 5.32 Å². The van der Waals surface area contributed by atoms with E-state index in [-0.39, 0.29) is 18.1 Å². The van der Waals surface area contributed by atoms with Crippen LogP contribution in [0.4, 0.5) is 5.69 Å². The van der Waals surface area contributed by atoms with Crippen LogP contribution in [0.2, 0.25) is 0 Å². The Morgan fingerprint density at radius 3 is 2.75 bits per heavy atom. The summed E-state index contributed by atoms with van der Waals surface area (Å²) in [4.78, 5) is 24.0. The number of hydrogen-bond acceptors (Lipinski definition) is 4. The lowest BCUT2D eigenvalue weighted by Crippen LogP contribution is -2.40. The van der Waals surface area contributed by atoms with E-state index in [4.69, 9.17) is 0 Å². The van der Waals surface area contributed by atoms with E-state index in [2.05, 4.69) is 5.32 Å². The Morgan fingerprint density at radius 2 is 2.05 bits per heavy atom. The highest BCUT2D eigenvalue weighted by atomic mass is 16.6. The minimum absolute atomic E-state index is 0.0756. The first-order chi connectivity index (χ1) is 9.66. The molecule has 0 spiro atoms. The van der Waals surface area contributed by atoms with Gasteiger partial charge in [0.15, 0.2) is 0 Å². The summed E-state index contributed by atoms with van der Waals surface area (Å²) in [6.07, 6.45) is 3.36. The van der Waals surface area contributed by atoms with Crippen LogP contribution in [0.25, 0.3) is 0 Å². The van der Waals surface area contributed by atoms with E-state index in [1.54, 1.807) is 6.07 Å². The summed E-state index contributed by atoms with van der Waals surface area (Å²) in [5, 5.41) is 13.7. The third kappa shape index (κ3) is 4.03. The second kappa shape index (κ2) is 7.00. The van der Waals surface area contributed by atoms with Gasteiger partial charge in [-0.05, 0) is 24.8 Å². The topological polar surface area (TPSA) is 75.5 Å². The SMILES string of the molecule is O=C(CNCc1cccc([N+](=O)[O-])c1)N1CCCCC1. The van der Waals surface area contributed by atoms with Crippen LogP contribution in [-0.4, -0.2) is 35.4 Å². The number of hydrogen-bond donors (Lipinski definition) is 1. The number of rotatable bonds is 5. The molecular weight excluding hydrogens is 258 g/mol. The van der Waals surface area contributed by atoms with Gasteiger partial charge in [0.2, 0.25) is 5.91 Å². The van der Waals surface area contributed by atoms with Crippen molar-refractivity contribution in [1.82, 2.24) is 10.2 Å².